The topological polar surface area (TPSA) is 60.2 Å². The highest BCUT2D eigenvalue weighted by atomic mass is 79.9. The molecule has 1 aromatic heterocycles. The van der Waals surface area contributed by atoms with Crippen molar-refractivity contribution in [2.75, 3.05) is 18.2 Å². The SMILES string of the molecule is COc1ccccc1CNc1ncc(N)cc1Br. The molecular formula is C13H14BrN3O. The maximum absolute atomic E-state index is 5.64. The largest absolute Gasteiger partial charge is 0.496 e. The molecule has 0 radical (unpaired) electrons. The molecule has 0 saturated carbocycles. The highest BCUT2D eigenvalue weighted by Gasteiger charge is 2.04. The molecule has 4 nitrogen and oxygen atoms in total. The van der Waals surface area contributed by atoms with E-state index in [4.69, 9.17) is 10.5 Å². The molecule has 0 amide bonds. The van der Waals surface area contributed by atoms with E-state index in [1.807, 2.05) is 30.3 Å². The predicted octanol–water partition coefficient (Wildman–Crippen LogP) is 3.05. The van der Waals surface area contributed by atoms with Gasteiger partial charge < -0.3 is 15.8 Å². The molecule has 0 aliphatic heterocycles. The van der Waals surface area contributed by atoms with Crippen molar-refractivity contribution in [3.8, 4) is 5.75 Å². The van der Waals surface area contributed by atoms with E-state index < -0.39 is 0 Å². The van der Waals surface area contributed by atoms with Crippen LogP contribution >= 0.6 is 15.9 Å². The molecule has 1 aromatic carbocycles. The third-order valence-electron chi connectivity index (χ3n) is 2.50. The second-order valence-corrected chi connectivity index (χ2v) is 4.62. The van der Waals surface area contributed by atoms with E-state index in [2.05, 4.69) is 26.2 Å². The van der Waals surface area contributed by atoms with E-state index in [-0.39, 0.29) is 0 Å². The molecule has 0 bridgehead atoms. The van der Waals surface area contributed by atoms with Gasteiger partial charge in [0.25, 0.3) is 0 Å². The summed E-state index contributed by atoms with van der Waals surface area (Å²) in [6, 6.07) is 9.68. The number of hydrogen-bond donors (Lipinski definition) is 2. The number of benzene rings is 1. The van der Waals surface area contributed by atoms with Crippen LogP contribution in [0.25, 0.3) is 0 Å². The number of nitrogens with one attached hydrogen (secondary N) is 1. The lowest BCUT2D eigenvalue weighted by Gasteiger charge is -2.11. The number of anilines is 2. The van der Waals surface area contributed by atoms with Gasteiger partial charge in [0.05, 0.1) is 23.5 Å². The fraction of sp³-hybridized carbons (Fsp3) is 0.154. The Morgan fingerprint density at radius 2 is 2.17 bits per heavy atom. The summed E-state index contributed by atoms with van der Waals surface area (Å²) in [5.41, 5.74) is 7.34. The normalized spacial score (nSPS) is 10.1. The summed E-state index contributed by atoms with van der Waals surface area (Å²) < 4.78 is 6.14. The van der Waals surface area contributed by atoms with Crippen molar-refractivity contribution in [1.29, 1.82) is 0 Å². The smallest absolute Gasteiger partial charge is 0.140 e. The van der Waals surface area contributed by atoms with Gasteiger partial charge in [0, 0.05) is 12.1 Å². The number of nitrogens with two attached hydrogens (primary N) is 1. The number of nitrogens with zero attached hydrogens (tertiary/aromatic N) is 1. The molecule has 2 rings (SSSR count). The van der Waals surface area contributed by atoms with Crippen LogP contribution < -0.4 is 15.8 Å². The second-order valence-electron chi connectivity index (χ2n) is 3.76. The molecule has 0 atom stereocenters. The Labute approximate surface area is 114 Å². The monoisotopic (exact) mass is 307 g/mol. The lowest BCUT2D eigenvalue weighted by Crippen LogP contribution is -2.04. The molecule has 0 fully saturated rings. The molecule has 3 N–H and O–H groups in total. The lowest BCUT2D eigenvalue weighted by atomic mass is 10.2. The number of halogens is 1. The molecule has 0 saturated heterocycles. The number of aromatic nitrogens is 1. The van der Waals surface area contributed by atoms with E-state index in [0.29, 0.717) is 12.2 Å². The Kier molecular flexibility index (Phi) is 4.04. The summed E-state index contributed by atoms with van der Waals surface area (Å²) in [6.45, 7) is 0.638. The van der Waals surface area contributed by atoms with Gasteiger partial charge >= 0.3 is 0 Å². The van der Waals surface area contributed by atoms with Crippen molar-refractivity contribution < 1.29 is 4.74 Å². The first kappa shape index (κ1) is 12.7. The number of nitrogen functional groups attached to an aromatic ring is 1. The van der Waals surface area contributed by atoms with Crippen LogP contribution in [-0.2, 0) is 6.54 Å². The average Bonchev–Trinajstić information content (AvgIpc) is 2.38. The molecule has 0 unspecified atom stereocenters. The fourth-order valence-electron chi connectivity index (χ4n) is 1.61. The average molecular weight is 308 g/mol. The molecule has 0 spiro atoms. The van der Waals surface area contributed by atoms with Gasteiger partial charge in [0.2, 0.25) is 0 Å². The van der Waals surface area contributed by atoms with E-state index in [9.17, 15) is 0 Å². The Bertz CT molecular complexity index is 546. The van der Waals surface area contributed by atoms with Crippen molar-refractivity contribution >= 4 is 27.4 Å². The van der Waals surface area contributed by atoms with Gasteiger partial charge in [-0.1, -0.05) is 18.2 Å². The maximum atomic E-state index is 5.64. The first-order valence-corrected chi connectivity index (χ1v) is 6.27. The highest BCUT2D eigenvalue weighted by molar-refractivity contribution is 9.10. The Morgan fingerprint density at radius 3 is 2.89 bits per heavy atom. The van der Waals surface area contributed by atoms with Gasteiger partial charge in [0.15, 0.2) is 0 Å². The fourth-order valence-corrected chi connectivity index (χ4v) is 2.12. The van der Waals surface area contributed by atoms with Crippen LogP contribution in [0.1, 0.15) is 5.56 Å². The summed E-state index contributed by atoms with van der Waals surface area (Å²) in [4.78, 5) is 4.22. The Balaban J connectivity index is 2.11. The number of hydrogen-bond acceptors (Lipinski definition) is 4. The summed E-state index contributed by atoms with van der Waals surface area (Å²) in [5, 5.41) is 3.24. The molecule has 0 aliphatic rings. The summed E-state index contributed by atoms with van der Waals surface area (Å²) in [5.74, 6) is 1.62. The minimum atomic E-state index is 0.629. The van der Waals surface area contributed by atoms with E-state index in [1.165, 1.54) is 0 Å². The minimum Gasteiger partial charge on any atom is -0.496 e. The highest BCUT2D eigenvalue weighted by Crippen LogP contribution is 2.24. The lowest BCUT2D eigenvalue weighted by molar-refractivity contribution is 0.410. The van der Waals surface area contributed by atoms with Crippen LogP contribution in [0.15, 0.2) is 41.0 Å². The van der Waals surface area contributed by atoms with Crippen molar-refractivity contribution in [3.05, 3.63) is 46.6 Å². The van der Waals surface area contributed by atoms with Gasteiger partial charge in [-0.2, -0.15) is 0 Å². The second kappa shape index (κ2) is 5.73. The van der Waals surface area contributed by atoms with Gasteiger partial charge in [-0.25, -0.2) is 4.98 Å². The van der Waals surface area contributed by atoms with Crippen LogP contribution in [0.5, 0.6) is 5.75 Å². The first-order valence-electron chi connectivity index (χ1n) is 5.47. The summed E-state index contributed by atoms with van der Waals surface area (Å²) >= 11 is 3.42. The zero-order valence-electron chi connectivity index (χ0n) is 9.98. The third-order valence-corrected chi connectivity index (χ3v) is 3.11. The first-order chi connectivity index (χ1) is 8.70. The summed E-state index contributed by atoms with van der Waals surface area (Å²) in [7, 11) is 1.66. The van der Waals surface area contributed by atoms with Crippen LogP contribution in [0.4, 0.5) is 11.5 Å². The standard InChI is InChI=1S/C13H14BrN3O/c1-18-12-5-3-2-4-9(12)7-16-13-11(14)6-10(15)8-17-13/h2-6,8H,7,15H2,1H3,(H,16,17). The zero-order valence-corrected chi connectivity index (χ0v) is 11.6. The van der Waals surface area contributed by atoms with Gasteiger partial charge in [-0.3, -0.25) is 0 Å². The van der Waals surface area contributed by atoms with Crippen LogP contribution in [-0.4, -0.2) is 12.1 Å². The Morgan fingerprint density at radius 1 is 1.39 bits per heavy atom. The van der Waals surface area contributed by atoms with Crippen LogP contribution in [0.2, 0.25) is 0 Å². The number of ether oxygens (including phenoxy) is 1. The van der Waals surface area contributed by atoms with Crippen LogP contribution in [0, 0.1) is 0 Å². The molecule has 5 heteroatoms. The van der Waals surface area contributed by atoms with Gasteiger partial charge in [0.1, 0.15) is 11.6 Å². The molecule has 94 valence electrons. The number of para-hydroxylation sites is 1. The predicted molar refractivity (Wildman–Crippen MR) is 76.7 cm³/mol. The quantitative estimate of drug-likeness (QED) is 0.911. The van der Waals surface area contributed by atoms with E-state index >= 15 is 0 Å². The number of rotatable bonds is 4. The van der Waals surface area contributed by atoms with E-state index in [0.717, 1.165) is 21.6 Å². The van der Waals surface area contributed by atoms with Crippen molar-refractivity contribution in [2.45, 2.75) is 6.54 Å². The number of pyridine rings is 1. The summed E-state index contributed by atoms with van der Waals surface area (Å²) in [6.07, 6.45) is 1.62. The molecule has 2 aromatic rings. The molecule has 1 heterocycles. The minimum absolute atomic E-state index is 0.629. The van der Waals surface area contributed by atoms with Crippen molar-refractivity contribution in [2.24, 2.45) is 0 Å². The van der Waals surface area contributed by atoms with Crippen molar-refractivity contribution in [1.82, 2.24) is 4.98 Å². The molecule has 0 aliphatic carbocycles. The van der Waals surface area contributed by atoms with Gasteiger partial charge in [-0.15, -0.1) is 0 Å². The zero-order chi connectivity index (χ0) is 13.0. The number of methoxy groups -OCH3 is 1. The maximum Gasteiger partial charge on any atom is 0.140 e. The van der Waals surface area contributed by atoms with Crippen LogP contribution in [0.3, 0.4) is 0 Å². The third kappa shape index (κ3) is 2.92. The van der Waals surface area contributed by atoms with Crippen molar-refractivity contribution in [3.63, 3.8) is 0 Å². The Hall–Kier alpha value is -1.75. The molecule has 18 heavy (non-hydrogen) atoms. The van der Waals surface area contributed by atoms with E-state index in [1.54, 1.807) is 13.3 Å². The molecular weight excluding hydrogens is 294 g/mol. The van der Waals surface area contributed by atoms with Gasteiger partial charge in [-0.05, 0) is 28.1 Å².